The van der Waals surface area contributed by atoms with Crippen molar-refractivity contribution in [1.82, 2.24) is 0 Å². The molecule has 0 amide bonds. The van der Waals surface area contributed by atoms with E-state index in [0.29, 0.717) is 0 Å². The molecular formula is C19H38N4O7. The molecule has 11 nitrogen and oxygen atoms in total. The summed E-state index contributed by atoms with van der Waals surface area (Å²) in [6.07, 6.45) is -1.04. The number of nitrogens with two attached hydrogens (primary N) is 4. The van der Waals surface area contributed by atoms with E-state index in [9.17, 15) is 24.6 Å². The third-order valence-corrected chi connectivity index (χ3v) is 4.59. The number of rotatable bonds is 16. The second kappa shape index (κ2) is 15.2. The molecule has 0 fully saturated rings. The largest absolute Gasteiger partial charge is 0.469 e. The number of carbonyl (C=O) groups excluding carboxylic acids is 3. The van der Waals surface area contributed by atoms with Crippen molar-refractivity contribution in [2.24, 2.45) is 22.9 Å². The molecule has 0 saturated carbocycles. The maximum Gasteiger partial charge on any atom is 0.307 e. The highest BCUT2D eigenvalue weighted by Crippen LogP contribution is 2.12. The zero-order chi connectivity index (χ0) is 23.3. The third-order valence-electron chi connectivity index (χ3n) is 4.59. The van der Waals surface area contributed by atoms with Gasteiger partial charge in [-0.25, -0.2) is 0 Å². The van der Waals surface area contributed by atoms with E-state index in [0.717, 1.165) is 0 Å². The van der Waals surface area contributed by atoms with Crippen LogP contribution in [0, 0.1) is 0 Å². The Balaban J connectivity index is 4.19. The molecule has 6 atom stereocenters. The Morgan fingerprint density at radius 3 is 1.17 bits per heavy atom. The van der Waals surface area contributed by atoms with E-state index in [1.807, 2.05) is 0 Å². The molecule has 0 aliphatic heterocycles. The summed E-state index contributed by atoms with van der Waals surface area (Å²) in [7, 11) is 2.51. The number of Topliss-reactive ketones (excluding diaryl/α,β-unsaturated/α-hetero) is 1. The van der Waals surface area contributed by atoms with Gasteiger partial charge < -0.3 is 42.6 Å². The van der Waals surface area contributed by atoms with Crippen molar-refractivity contribution in [1.29, 1.82) is 0 Å². The van der Waals surface area contributed by atoms with Crippen LogP contribution in [-0.2, 0) is 23.9 Å². The van der Waals surface area contributed by atoms with Crippen molar-refractivity contribution in [3.05, 3.63) is 0 Å². The maximum absolute atomic E-state index is 12.1. The van der Waals surface area contributed by atoms with Crippen molar-refractivity contribution < 1.29 is 34.1 Å². The van der Waals surface area contributed by atoms with E-state index in [2.05, 4.69) is 9.47 Å². The molecule has 0 spiro atoms. The first-order valence-electron chi connectivity index (χ1n) is 10.0. The minimum absolute atomic E-state index is 0.0117. The number of ether oxygens (including phenoxy) is 2. The summed E-state index contributed by atoms with van der Waals surface area (Å²) in [4.78, 5) is 34.5. The fourth-order valence-corrected chi connectivity index (χ4v) is 3.19. The number of aliphatic hydroxyl groups excluding tert-OH is 2. The summed E-state index contributed by atoms with van der Waals surface area (Å²) in [6.45, 7) is 0. The van der Waals surface area contributed by atoms with Crippen LogP contribution >= 0.6 is 0 Å². The van der Waals surface area contributed by atoms with E-state index >= 15 is 0 Å². The molecule has 6 unspecified atom stereocenters. The first-order chi connectivity index (χ1) is 14.0. The van der Waals surface area contributed by atoms with Crippen molar-refractivity contribution in [3.8, 4) is 0 Å². The van der Waals surface area contributed by atoms with Gasteiger partial charge in [0.05, 0.1) is 39.3 Å². The SMILES string of the molecule is COC(=O)CC(N)CC(O)CC(N)CC(=O)CC(N)CC(O)CC(N)CC(=O)OC. The number of hydrogen-bond donors (Lipinski definition) is 6. The van der Waals surface area contributed by atoms with Crippen LogP contribution in [0.2, 0.25) is 0 Å². The van der Waals surface area contributed by atoms with E-state index in [1.54, 1.807) is 0 Å². The Bertz CT molecular complexity index is 491. The van der Waals surface area contributed by atoms with Crippen molar-refractivity contribution in [2.45, 2.75) is 87.7 Å². The average Bonchev–Trinajstić information content (AvgIpc) is 2.59. The van der Waals surface area contributed by atoms with Crippen molar-refractivity contribution >= 4 is 17.7 Å². The van der Waals surface area contributed by atoms with Gasteiger partial charge in [0.25, 0.3) is 0 Å². The van der Waals surface area contributed by atoms with Gasteiger partial charge >= 0.3 is 11.9 Å². The number of hydrogen-bond acceptors (Lipinski definition) is 11. The topological polar surface area (TPSA) is 214 Å². The molecule has 0 bridgehead atoms. The highest BCUT2D eigenvalue weighted by molar-refractivity contribution is 5.79. The maximum atomic E-state index is 12.1. The lowest BCUT2D eigenvalue weighted by molar-refractivity contribution is -0.142. The van der Waals surface area contributed by atoms with Crippen LogP contribution < -0.4 is 22.9 Å². The number of carbonyl (C=O) groups is 3. The first kappa shape index (κ1) is 28.4. The molecule has 176 valence electrons. The lowest BCUT2D eigenvalue weighted by Gasteiger charge is -2.21. The molecule has 0 aliphatic carbocycles. The predicted molar refractivity (Wildman–Crippen MR) is 110 cm³/mol. The third kappa shape index (κ3) is 14.4. The summed E-state index contributed by atoms with van der Waals surface area (Å²) < 4.78 is 9.03. The molecule has 0 aliphatic rings. The summed E-state index contributed by atoms with van der Waals surface area (Å²) in [5, 5.41) is 20.1. The van der Waals surface area contributed by atoms with Crippen LogP contribution in [0.15, 0.2) is 0 Å². The molecular weight excluding hydrogens is 396 g/mol. The van der Waals surface area contributed by atoms with Gasteiger partial charge in [0.2, 0.25) is 0 Å². The van der Waals surface area contributed by atoms with Crippen LogP contribution in [0.1, 0.15) is 51.4 Å². The minimum atomic E-state index is -0.848. The standard InChI is InChI=1S/C19H38N4O7/c1-29-18(27)9-13(22)7-16(25)5-11(20)3-15(24)4-12(21)6-17(26)8-14(23)10-19(28)30-2/h11-14,16-17,25-26H,3-10,20-23H2,1-2H3. The molecule has 0 aromatic rings. The molecule has 0 radical (unpaired) electrons. The lowest BCUT2D eigenvalue weighted by Crippen LogP contribution is -2.36. The monoisotopic (exact) mass is 434 g/mol. The second-order valence-electron chi connectivity index (χ2n) is 7.80. The molecule has 0 saturated heterocycles. The van der Waals surface area contributed by atoms with E-state index < -0.39 is 48.3 Å². The summed E-state index contributed by atoms with van der Waals surface area (Å²) in [5.41, 5.74) is 23.4. The molecule has 11 heteroatoms. The van der Waals surface area contributed by atoms with Crippen molar-refractivity contribution in [3.63, 3.8) is 0 Å². The molecule has 0 aromatic heterocycles. The van der Waals surface area contributed by atoms with Gasteiger partial charge in [0.15, 0.2) is 0 Å². The van der Waals surface area contributed by atoms with Crippen LogP contribution in [0.3, 0.4) is 0 Å². The number of methoxy groups -OCH3 is 2. The average molecular weight is 435 g/mol. The van der Waals surface area contributed by atoms with Crippen molar-refractivity contribution in [2.75, 3.05) is 14.2 Å². The smallest absolute Gasteiger partial charge is 0.307 e. The van der Waals surface area contributed by atoms with Gasteiger partial charge in [-0.15, -0.1) is 0 Å². The Morgan fingerprint density at radius 2 is 0.900 bits per heavy atom. The van der Waals surface area contributed by atoms with Crippen LogP contribution in [0.25, 0.3) is 0 Å². The normalized spacial score (nSPS) is 17.3. The van der Waals surface area contributed by atoms with Crippen LogP contribution in [0.4, 0.5) is 0 Å². The van der Waals surface area contributed by atoms with Gasteiger partial charge in [-0.2, -0.15) is 0 Å². The van der Waals surface area contributed by atoms with E-state index in [4.69, 9.17) is 22.9 Å². The molecule has 10 N–H and O–H groups in total. The van der Waals surface area contributed by atoms with E-state index in [-0.39, 0.29) is 57.1 Å². The molecule has 0 rings (SSSR count). The lowest BCUT2D eigenvalue weighted by atomic mass is 9.94. The zero-order valence-electron chi connectivity index (χ0n) is 17.9. The van der Waals surface area contributed by atoms with Gasteiger partial charge in [0.1, 0.15) is 5.78 Å². The number of esters is 2. The molecule has 30 heavy (non-hydrogen) atoms. The Kier molecular flexibility index (Phi) is 14.4. The summed E-state index contributed by atoms with van der Waals surface area (Å²) in [6, 6.07) is -2.28. The first-order valence-corrected chi connectivity index (χ1v) is 10.0. The highest BCUT2D eigenvalue weighted by Gasteiger charge is 2.22. The van der Waals surface area contributed by atoms with Gasteiger partial charge in [-0.05, 0) is 25.7 Å². The quantitative estimate of drug-likeness (QED) is 0.147. The summed E-state index contributed by atoms with van der Waals surface area (Å²) >= 11 is 0. The van der Waals surface area contributed by atoms with E-state index in [1.165, 1.54) is 14.2 Å². The van der Waals surface area contributed by atoms with Gasteiger partial charge in [-0.1, -0.05) is 0 Å². The predicted octanol–water partition coefficient (Wildman–Crippen LogP) is -1.95. The molecule has 0 aromatic carbocycles. The Morgan fingerprint density at radius 1 is 0.633 bits per heavy atom. The summed E-state index contributed by atoms with van der Waals surface area (Å²) in [5.74, 6) is -1.11. The number of aliphatic hydroxyl groups is 2. The van der Waals surface area contributed by atoms with Crippen LogP contribution in [0.5, 0.6) is 0 Å². The Hall–Kier alpha value is -1.63. The number of ketones is 1. The van der Waals surface area contributed by atoms with Gasteiger partial charge in [0, 0.05) is 37.0 Å². The highest BCUT2D eigenvalue weighted by atomic mass is 16.5. The Labute approximate surface area is 177 Å². The zero-order valence-corrected chi connectivity index (χ0v) is 17.9. The molecule has 0 heterocycles. The minimum Gasteiger partial charge on any atom is -0.469 e. The van der Waals surface area contributed by atoms with Gasteiger partial charge in [-0.3, -0.25) is 14.4 Å². The fourth-order valence-electron chi connectivity index (χ4n) is 3.19. The van der Waals surface area contributed by atoms with Crippen LogP contribution in [-0.4, -0.2) is 78.5 Å². The fraction of sp³-hybridized carbons (Fsp3) is 0.842. The second-order valence-corrected chi connectivity index (χ2v) is 7.80.